The monoisotopic (exact) mass is 437 g/mol. The standard InChI is InChI=1S/C21H27NO9/c1-11-7-8-17(12(2)9-11)22-21(27)20(31-16(6)26)19(30-15(5)25)18(29-14(4)24)10-28-13(3)23/h7-9,18-20H,10H2,1-6H3,(H,22,27)/t18-,19+,20-/m1/s1. The van der Waals surface area contributed by atoms with Gasteiger partial charge in [-0.2, -0.15) is 0 Å². The fraction of sp³-hybridized carbons (Fsp3) is 0.476. The molecule has 1 rings (SSSR count). The molecule has 31 heavy (non-hydrogen) atoms. The predicted molar refractivity (Wildman–Crippen MR) is 108 cm³/mol. The first-order valence-electron chi connectivity index (χ1n) is 9.43. The molecule has 1 N–H and O–H groups in total. The van der Waals surface area contributed by atoms with Gasteiger partial charge in [-0.25, -0.2) is 0 Å². The molecule has 0 bridgehead atoms. The number of esters is 4. The van der Waals surface area contributed by atoms with Crippen LogP contribution in [0.3, 0.4) is 0 Å². The molecular formula is C21H27NO9. The highest BCUT2D eigenvalue weighted by molar-refractivity contribution is 5.96. The van der Waals surface area contributed by atoms with Crippen LogP contribution < -0.4 is 5.32 Å². The van der Waals surface area contributed by atoms with Crippen molar-refractivity contribution in [3.05, 3.63) is 29.3 Å². The van der Waals surface area contributed by atoms with Gasteiger partial charge in [0.05, 0.1) is 0 Å². The summed E-state index contributed by atoms with van der Waals surface area (Å²) in [5.74, 6) is -3.98. The molecule has 3 atom stereocenters. The summed E-state index contributed by atoms with van der Waals surface area (Å²) in [6, 6.07) is 5.27. The summed E-state index contributed by atoms with van der Waals surface area (Å²) in [6.07, 6.45) is -4.67. The maximum atomic E-state index is 13.0. The predicted octanol–water partition coefficient (Wildman–Crippen LogP) is 1.60. The maximum Gasteiger partial charge on any atom is 0.303 e. The summed E-state index contributed by atoms with van der Waals surface area (Å²) in [7, 11) is 0. The second-order valence-corrected chi connectivity index (χ2v) is 6.86. The van der Waals surface area contributed by atoms with E-state index in [1.165, 1.54) is 0 Å². The molecule has 10 nitrogen and oxygen atoms in total. The van der Waals surface area contributed by atoms with Crippen LogP contribution in [-0.4, -0.2) is 54.7 Å². The Bertz CT molecular complexity index is 849. The van der Waals surface area contributed by atoms with E-state index in [0.717, 1.165) is 38.8 Å². The molecule has 0 unspecified atom stereocenters. The second-order valence-electron chi connectivity index (χ2n) is 6.86. The number of rotatable bonds is 9. The smallest absolute Gasteiger partial charge is 0.303 e. The van der Waals surface area contributed by atoms with Crippen LogP contribution in [0, 0.1) is 13.8 Å². The molecule has 0 aromatic heterocycles. The van der Waals surface area contributed by atoms with Crippen molar-refractivity contribution in [1.29, 1.82) is 0 Å². The van der Waals surface area contributed by atoms with Gasteiger partial charge in [-0.05, 0) is 25.5 Å². The van der Waals surface area contributed by atoms with E-state index in [2.05, 4.69) is 5.32 Å². The summed E-state index contributed by atoms with van der Waals surface area (Å²) in [4.78, 5) is 59.2. The molecule has 0 heterocycles. The average molecular weight is 437 g/mol. The van der Waals surface area contributed by atoms with Gasteiger partial charge >= 0.3 is 23.9 Å². The van der Waals surface area contributed by atoms with Gasteiger partial charge in [-0.1, -0.05) is 17.7 Å². The van der Waals surface area contributed by atoms with E-state index in [-0.39, 0.29) is 0 Å². The summed E-state index contributed by atoms with van der Waals surface area (Å²) >= 11 is 0. The minimum absolute atomic E-state index is 0.443. The quantitative estimate of drug-likeness (QED) is 0.451. The Morgan fingerprint density at radius 3 is 1.90 bits per heavy atom. The number of carbonyl (C=O) groups excluding carboxylic acids is 5. The molecule has 170 valence electrons. The highest BCUT2D eigenvalue weighted by Gasteiger charge is 2.42. The van der Waals surface area contributed by atoms with Gasteiger partial charge in [0, 0.05) is 33.4 Å². The van der Waals surface area contributed by atoms with E-state index in [9.17, 15) is 24.0 Å². The molecular weight excluding hydrogens is 410 g/mol. The molecule has 1 aromatic carbocycles. The van der Waals surface area contributed by atoms with Crippen LogP contribution in [-0.2, 0) is 42.9 Å². The molecule has 0 fully saturated rings. The molecule has 10 heteroatoms. The van der Waals surface area contributed by atoms with E-state index in [4.69, 9.17) is 18.9 Å². The number of amides is 1. The number of hydrogen-bond acceptors (Lipinski definition) is 9. The summed E-state index contributed by atoms with van der Waals surface area (Å²) in [6.45, 7) is 7.47. The molecule has 0 aliphatic carbocycles. The van der Waals surface area contributed by atoms with Crippen LogP contribution in [0.5, 0.6) is 0 Å². The van der Waals surface area contributed by atoms with Crippen molar-refractivity contribution in [2.24, 2.45) is 0 Å². The van der Waals surface area contributed by atoms with Gasteiger partial charge in [-0.15, -0.1) is 0 Å². The number of aryl methyl sites for hydroxylation is 2. The zero-order chi connectivity index (χ0) is 23.7. The third kappa shape index (κ3) is 8.85. The highest BCUT2D eigenvalue weighted by Crippen LogP contribution is 2.20. The lowest BCUT2D eigenvalue weighted by atomic mass is 10.1. The third-order valence-corrected chi connectivity index (χ3v) is 3.93. The normalized spacial score (nSPS) is 13.2. The first kappa shape index (κ1) is 25.6. The Labute approximate surface area is 180 Å². The van der Waals surface area contributed by atoms with Crippen LogP contribution in [0.2, 0.25) is 0 Å². The van der Waals surface area contributed by atoms with Crippen LogP contribution in [0.1, 0.15) is 38.8 Å². The first-order valence-corrected chi connectivity index (χ1v) is 9.43. The Morgan fingerprint density at radius 2 is 1.42 bits per heavy atom. The van der Waals surface area contributed by atoms with Crippen molar-refractivity contribution >= 4 is 35.5 Å². The van der Waals surface area contributed by atoms with Gasteiger partial charge in [0.25, 0.3) is 5.91 Å². The van der Waals surface area contributed by atoms with Crippen molar-refractivity contribution in [2.75, 3.05) is 11.9 Å². The number of nitrogens with one attached hydrogen (secondary N) is 1. The topological polar surface area (TPSA) is 134 Å². The van der Waals surface area contributed by atoms with Crippen molar-refractivity contribution in [1.82, 2.24) is 0 Å². The maximum absolute atomic E-state index is 13.0. The van der Waals surface area contributed by atoms with Gasteiger partial charge < -0.3 is 24.3 Å². The van der Waals surface area contributed by atoms with E-state index >= 15 is 0 Å². The van der Waals surface area contributed by atoms with Gasteiger partial charge in [0.1, 0.15) is 6.61 Å². The minimum Gasteiger partial charge on any atom is -0.462 e. The van der Waals surface area contributed by atoms with Crippen LogP contribution in [0.25, 0.3) is 0 Å². The molecule has 0 saturated heterocycles. The lowest BCUT2D eigenvalue weighted by molar-refractivity contribution is -0.190. The Balaban J connectivity index is 3.32. The van der Waals surface area contributed by atoms with Crippen molar-refractivity contribution < 1.29 is 42.9 Å². The molecule has 1 amide bonds. The largest absolute Gasteiger partial charge is 0.462 e. The zero-order valence-electron chi connectivity index (χ0n) is 18.3. The van der Waals surface area contributed by atoms with E-state index in [1.54, 1.807) is 19.1 Å². The number of ether oxygens (including phenoxy) is 4. The fourth-order valence-corrected chi connectivity index (χ4v) is 2.74. The number of hydrogen-bond donors (Lipinski definition) is 1. The van der Waals surface area contributed by atoms with Gasteiger partial charge in [0.2, 0.25) is 6.10 Å². The van der Waals surface area contributed by atoms with E-state index < -0.39 is 54.7 Å². The van der Waals surface area contributed by atoms with Gasteiger partial charge in [0.15, 0.2) is 12.2 Å². The SMILES string of the molecule is CC(=O)OC[C@@H](OC(C)=O)[C@H](OC(C)=O)[C@@H](OC(C)=O)C(=O)Nc1ccc(C)cc1C. The van der Waals surface area contributed by atoms with E-state index in [1.807, 2.05) is 13.0 Å². The molecule has 0 saturated carbocycles. The van der Waals surface area contributed by atoms with Crippen LogP contribution in [0.4, 0.5) is 5.69 Å². The van der Waals surface area contributed by atoms with Gasteiger partial charge in [-0.3, -0.25) is 24.0 Å². The lowest BCUT2D eigenvalue weighted by Crippen LogP contribution is -2.52. The highest BCUT2D eigenvalue weighted by atomic mass is 16.6. The van der Waals surface area contributed by atoms with Crippen LogP contribution >= 0.6 is 0 Å². The molecule has 0 aliphatic heterocycles. The lowest BCUT2D eigenvalue weighted by Gasteiger charge is -2.31. The Hall–Kier alpha value is -3.43. The van der Waals surface area contributed by atoms with E-state index in [0.29, 0.717) is 5.69 Å². The number of benzene rings is 1. The third-order valence-electron chi connectivity index (χ3n) is 3.93. The number of carbonyl (C=O) groups is 5. The Kier molecular flexibility index (Phi) is 9.65. The van der Waals surface area contributed by atoms with Crippen molar-refractivity contribution in [2.45, 2.75) is 59.9 Å². The first-order chi connectivity index (χ1) is 14.4. The second kappa shape index (κ2) is 11.7. The summed E-state index contributed by atoms with van der Waals surface area (Å²) in [5.41, 5.74) is 2.16. The number of anilines is 1. The molecule has 0 radical (unpaired) electrons. The zero-order valence-corrected chi connectivity index (χ0v) is 18.3. The Morgan fingerprint density at radius 1 is 0.839 bits per heavy atom. The summed E-state index contributed by atoms with van der Waals surface area (Å²) in [5, 5.41) is 2.61. The van der Waals surface area contributed by atoms with Crippen molar-refractivity contribution in [3.8, 4) is 0 Å². The van der Waals surface area contributed by atoms with Crippen LogP contribution in [0.15, 0.2) is 18.2 Å². The van der Waals surface area contributed by atoms with Crippen molar-refractivity contribution in [3.63, 3.8) is 0 Å². The fourth-order valence-electron chi connectivity index (χ4n) is 2.74. The molecule has 1 aromatic rings. The average Bonchev–Trinajstić information content (AvgIpc) is 2.63. The summed E-state index contributed by atoms with van der Waals surface area (Å²) < 4.78 is 20.3. The molecule has 0 spiro atoms. The molecule has 0 aliphatic rings. The minimum atomic E-state index is -1.69.